The predicted octanol–water partition coefficient (Wildman–Crippen LogP) is 2.81. The lowest BCUT2D eigenvalue weighted by Crippen LogP contribution is -2.26. The van der Waals surface area contributed by atoms with E-state index in [0.29, 0.717) is 17.1 Å². The lowest BCUT2D eigenvalue weighted by atomic mass is 10.1. The number of furan rings is 1. The van der Waals surface area contributed by atoms with Crippen LogP contribution in [0.25, 0.3) is 0 Å². The van der Waals surface area contributed by atoms with Crippen molar-refractivity contribution in [1.29, 1.82) is 0 Å². The number of amides is 1. The molecule has 2 aromatic rings. The normalized spacial score (nSPS) is 14.1. The van der Waals surface area contributed by atoms with E-state index in [9.17, 15) is 4.79 Å². The Balaban J connectivity index is 1.73. The predicted molar refractivity (Wildman–Crippen MR) is 71.9 cm³/mol. The molecule has 0 saturated carbocycles. The molecule has 1 N–H and O–H groups in total. The van der Waals surface area contributed by atoms with E-state index in [2.05, 4.69) is 5.32 Å². The lowest BCUT2D eigenvalue weighted by molar-refractivity contribution is 0.0934. The van der Waals surface area contributed by atoms with Gasteiger partial charge in [0.05, 0.1) is 6.04 Å². The second kappa shape index (κ2) is 4.92. The van der Waals surface area contributed by atoms with Crippen LogP contribution in [-0.2, 0) is 0 Å². The van der Waals surface area contributed by atoms with Crippen molar-refractivity contribution in [3.8, 4) is 11.5 Å². The highest BCUT2D eigenvalue weighted by atomic mass is 16.7. The second-order valence-electron chi connectivity index (χ2n) is 4.71. The maximum absolute atomic E-state index is 12.2. The molecular weight excluding hydrogens is 258 g/mol. The van der Waals surface area contributed by atoms with E-state index in [0.717, 1.165) is 11.5 Å². The number of aryl methyl sites for hydroxylation is 1. The molecule has 2 heterocycles. The number of ether oxygens (including phenoxy) is 2. The average molecular weight is 273 g/mol. The summed E-state index contributed by atoms with van der Waals surface area (Å²) in [4.78, 5) is 12.2. The van der Waals surface area contributed by atoms with Gasteiger partial charge in [0.2, 0.25) is 6.79 Å². The quantitative estimate of drug-likeness (QED) is 0.934. The third-order valence-corrected chi connectivity index (χ3v) is 3.17. The maximum Gasteiger partial charge on any atom is 0.252 e. The number of hydrogen-bond donors (Lipinski definition) is 1. The largest absolute Gasteiger partial charge is 0.464 e. The van der Waals surface area contributed by atoms with Gasteiger partial charge in [0.1, 0.15) is 11.5 Å². The van der Waals surface area contributed by atoms with Crippen LogP contribution in [0.5, 0.6) is 11.5 Å². The number of carbonyl (C=O) groups is 1. The van der Waals surface area contributed by atoms with E-state index in [1.807, 2.05) is 26.0 Å². The third-order valence-electron chi connectivity index (χ3n) is 3.17. The van der Waals surface area contributed by atoms with Gasteiger partial charge in [-0.1, -0.05) is 0 Å². The molecule has 1 atom stereocenters. The molecule has 1 aromatic heterocycles. The minimum Gasteiger partial charge on any atom is -0.464 e. The molecule has 1 amide bonds. The highest BCUT2D eigenvalue weighted by molar-refractivity contribution is 5.95. The Kier molecular flexibility index (Phi) is 3.10. The molecule has 0 saturated heterocycles. The molecule has 3 rings (SSSR count). The first-order chi connectivity index (χ1) is 9.63. The molecule has 0 aliphatic carbocycles. The standard InChI is InChI=1S/C15H15NO4/c1-9-3-5-12(20-9)10(2)16-15(17)11-4-6-13-14(7-11)19-8-18-13/h3-7,10H,8H2,1-2H3,(H,16,17)/t10-/m1/s1. The van der Waals surface area contributed by atoms with Crippen molar-refractivity contribution in [2.75, 3.05) is 6.79 Å². The monoisotopic (exact) mass is 273 g/mol. The van der Waals surface area contributed by atoms with E-state index in [-0.39, 0.29) is 18.7 Å². The Bertz CT molecular complexity index is 647. The number of nitrogens with one attached hydrogen (secondary N) is 1. The fourth-order valence-electron chi connectivity index (χ4n) is 2.08. The van der Waals surface area contributed by atoms with Crippen molar-refractivity contribution in [1.82, 2.24) is 5.32 Å². The molecule has 5 nitrogen and oxygen atoms in total. The second-order valence-corrected chi connectivity index (χ2v) is 4.71. The highest BCUT2D eigenvalue weighted by Gasteiger charge is 2.18. The first-order valence-electron chi connectivity index (χ1n) is 6.40. The summed E-state index contributed by atoms with van der Waals surface area (Å²) < 4.78 is 16.0. The van der Waals surface area contributed by atoms with Gasteiger partial charge in [0.25, 0.3) is 5.91 Å². The fraction of sp³-hybridized carbons (Fsp3) is 0.267. The fourth-order valence-corrected chi connectivity index (χ4v) is 2.08. The van der Waals surface area contributed by atoms with Crippen LogP contribution in [0.1, 0.15) is 34.8 Å². The Hall–Kier alpha value is -2.43. The van der Waals surface area contributed by atoms with E-state index < -0.39 is 0 Å². The van der Waals surface area contributed by atoms with Gasteiger partial charge in [-0.2, -0.15) is 0 Å². The van der Waals surface area contributed by atoms with Crippen molar-refractivity contribution in [3.63, 3.8) is 0 Å². The number of hydrogen-bond acceptors (Lipinski definition) is 4. The van der Waals surface area contributed by atoms with Crippen molar-refractivity contribution in [2.24, 2.45) is 0 Å². The molecule has 0 unspecified atom stereocenters. The summed E-state index contributed by atoms with van der Waals surface area (Å²) >= 11 is 0. The average Bonchev–Trinajstić information content (AvgIpc) is 3.05. The molecule has 0 fully saturated rings. The van der Waals surface area contributed by atoms with E-state index in [1.165, 1.54) is 0 Å². The van der Waals surface area contributed by atoms with Crippen LogP contribution < -0.4 is 14.8 Å². The highest BCUT2D eigenvalue weighted by Crippen LogP contribution is 2.32. The number of benzene rings is 1. The third kappa shape index (κ3) is 2.34. The van der Waals surface area contributed by atoms with Crippen LogP contribution in [0.3, 0.4) is 0 Å². The van der Waals surface area contributed by atoms with Gasteiger partial charge in [-0.15, -0.1) is 0 Å². The van der Waals surface area contributed by atoms with Gasteiger partial charge in [-0.25, -0.2) is 0 Å². The zero-order valence-corrected chi connectivity index (χ0v) is 11.3. The summed E-state index contributed by atoms with van der Waals surface area (Å²) in [6.45, 7) is 3.95. The van der Waals surface area contributed by atoms with Crippen molar-refractivity contribution in [3.05, 3.63) is 47.4 Å². The maximum atomic E-state index is 12.2. The number of rotatable bonds is 3. The molecule has 104 valence electrons. The number of fused-ring (bicyclic) bond motifs is 1. The molecule has 1 aliphatic rings. The van der Waals surface area contributed by atoms with Crippen molar-refractivity contribution in [2.45, 2.75) is 19.9 Å². The minimum atomic E-state index is -0.193. The van der Waals surface area contributed by atoms with Gasteiger partial charge in [0.15, 0.2) is 11.5 Å². The Morgan fingerprint density at radius 1 is 1.20 bits per heavy atom. The molecule has 0 bridgehead atoms. The Morgan fingerprint density at radius 3 is 2.75 bits per heavy atom. The molecule has 1 aromatic carbocycles. The van der Waals surface area contributed by atoms with Gasteiger partial charge < -0.3 is 19.2 Å². The van der Waals surface area contributed by atoms with Crippen molar-refractivity contribution < 1.29 is 18.7 Å². The van der Waals surface area contributed by atoms with Crippen LogP contribution in [0.4, 0.5) is 0 Å². The van der Waals surface area contributed by atoms with Gasteiger partial charge in [0, 0.05) is 5.56 Å². The van der Waals surface area contributed by atoms with Crippen molar-refractivity contribution >= 4 is 5.91 Å². The van der Waals surface area contributed by atoms with Gasteiger partial charge >= 0.3 is 0 Å². The summed E-state index contributed by atoms with van der Waals surface area (Å²) in [7, 11) is 0. The molecule has 20 heavy (non-hydrogen) atoms. The summed E-state index contributed by atoms with van der Waals surface area (Å²) in [5, 5.41) is 2.89. The van der Waals surface area contributed by atoms with Gasteiger partial charge in [-0.3, -0.25) is 4.79 Å². The van der Waals surface area contributed by atoms with Crippen LogP contribution in [0.15, 0.2) is 34.7 Å². The summed E-state index contributed by atoms with van der Waals surface area (Å²) in [5.41, 5.74) is 0.532. The zero-order chi connectivity index (χ0) is 14.1. The van der Waals surface area contributed by atoms with E-state index >= 15 is 0 Å². The summed E-state index contributed by atoms with van der Waals surface area (Å²) in [6.07, 6.45) is 0. The van der Waals surface area contributed by atoms with E-state index in [1.54, 1.807) is 18.2 Å². The first kappa shape index (κ1) is 12.6. The Labute approximate surface area is 116 Å². The molecule has 0 radical (unpaired) electrons. The van der Waals surface area contributed by atoms with Gasteiger partial charge in [-0.05, 0) is 44.2 Å². The molecule has 0 spiro atoms. The van der Waals surface area contributed by atoms with Crippen LogP contribution in [0, 0.1) is 6.92 Å². The molecule has 1 aliphatic heterocycles. The smallest absolute Gasteiger partial charge is 0.252 e. The number of carbonyl (C=O) groups excluding carboxylic acids is 1. The molecule has 5 heteroatoms. The topological polar surface area (TPSA) is 60.7 Å². The summed E-state index contributed by atoms with van der Waals surface area (Å²) in [5.74, 6) is 2.64. The Morgan fingerprint density at radius 2 is 2.00 bits per heavy atom. The van der Waals surface area contributed by atoms with Crippen LogP contribution in [0.2, 0.25) is 0 Å². The lowest BCUT2D eigenvalue weighted by Gasteiger charge is -2.11. The first-order valence-corrected chi connectivity index (χ1v) is 6.40. The van der Waals surface area contributed by atoms with Crippen LogP contribution in [-0.4, -0.2) is 12.7 Å². The van der Waals surface area contributed by atoms with Crippen LogP contribution >= 0.6 is 0 Å². The zero-order valence-electron chi connectivity index (χ0n) is 11.3. The SMILES string of the molecule is Cc1ccc([C@@H](C)NC(=O)c2ccc3c(c2)OCO3)o1. The minimum absolute atomic E-state index is 0.176. The van der Waals surface area contributed by atoms with E-state index in [4.69, 9.17) is 13.9 Å². The summed E-state index contributed by atoms with van der Waals surface area (Å²) in [6, 6.07) is 8.67. The molecular formula is C15H15NO4.